The highest BCUT2D eigenvalue weighted by Gasteiger charge is 2.21. The highest BCUT2D eigenvalue weighted by molar-refractivity contribution is 6.02. The van der Waals surface area contributed by atoms with Crippen molar-refractivity contribution in [2.45, 2.75) is 12.8 Å². The lowest BCUT2D eigenvalue weighted by Crippen LogP contribution is -2.21. The monoisotopic (exact) mass is 469 g/mol. The number of carbonyl (C=O) groups excluding carboxylic acids is 1. The molecule has 2 aromatic heterocycles. The topological polar surface area (TPSA) is 97.2 Å². The van der Waals surface area contributed by atoms with Gasteiger partial charge in [-0.05, 0) is 43.2 Å². The predicted molar refractivity (Wildman–Crippen MR) is 138 cm³/mol. The van der Waals surface area contributed by atoms with E-state index < -0.39 is 0 Å². The zero-order valence-corrected chi connectivity index (χ0v) is 19.8. The molecule has 1 aliphatic rings. The number of fused-ring (bicyclic) bond motifs is 1. The largest absolute Gasteiger partial charge is 0.494 e. The van der Waals surface area contributed by atoms with Crippen molar-refractivity contribution in [2.24, 2.45) is 7.05 Å². The summed E-state index contributed by atoms with van der Waals surface area (Å²) in [6, 6.07) is 13.6. The standard InChI is InChI=1S/C26H27N7O2/c1-4-24(34)28-19-15-20(23(35-3)16-22(19)33-13-7-8-14-33)31-26-27-12-11-18(30-26)25-29-17-9-5-6-10-21(17)32(25)2/h4-6,9-12,15-16H,1,7-8,13-14H2,2-3H3,(H,28,34)(H,27,30,31). The molecule has 0 atom stereocenters. The Hall–Kier alpha value is -4.40. The molecule has 35 heavy (non-hydrogen) atoms. The third kappa shape index (κ3) is 4.40. The molecule has 0 saturated carbocycles. The molecule has 0 radical (unpaired) electrons. The summed E-state index contributed by atoms with van der Waals surface area (Å²) in [6.07, 6.45) is 5.17. The van der Waals surface area contributed by atoms with Crippen molar-refractivity contribution < 1.29 is 9.53 Å². The van der Waals surface area contributed by atoms with Crippen molar-refractivity contribution in [3.8, 4) is 17.3 Å². The van der Waals surface area contributed by atoms with Crippen molar-refractivity contribution in [1.29, 1.82) is 0 Å². The first-order chi connectivity index (χ1) is 17.1. The van der Waals surface area contributed by atoms with Crippen LogP contribution in [0.5, 0.6) is 5.75 Å². The van der Waals surface area contributed by atoms with E-state index >= 15 is 0 Å². The molecular formula is C26H27N7O2. The van der Waals surface area contributed by atoms with Crippen molar-refractivity contribution in [2.75, 3.05) is 35.7 Å². The zero-order chi connectivity index (χ0) is 24.4. The van der Waals surface area contributed by atoms with Crippen molar-refractivity contribution >= 4 is 40.0 Å². The average molecular weight is 470 g/mol. The third-order valence-electron chi connectivity index (χ3n) is 6.13. The van der Waals surface area contributed by atoms with Crippen LogP contribution in [0.4, 0.5) is 23.0 Å². The van der Waals surface area contributed by atoms with Gasteiger partial charge in [0.2, 0.25) is 11.9 Å². The molecule has 178 valence electrons. The van der Waals surface area contributed by atoms with Crippen LogP contribution in [0.1, 0.15) is 12.8 Å². The van der Waals surface area contributed by atoms with Gasteiger partial charge in [-0.25, -0.2) is 15.0 Å². The van der Waals surface area contributed by atoms with Gasteiger partial charge in [0.1, 0.15) is 11.4 Å². The maximum atomic E-state index is 12.1. The lowest BCUT2D eigenvalue weighted by molar-refractivity contribution is -0.111. The summed E-state index contributed by atoms with van der Waals surface area (Å²) in [7, 11) is 3.58. The van der Waals surface area contributed by atoms with E-state index in [0.717, 1.165) is 48.5 Å². The molecule has 2 aromatic carbocycles. The Labute approximate surface area is 203 Å². The van der Waals surface area contributed by atoms with E-state index in [9.17, 15) is 4.79 Å². The van der Waals surface area contributed by atoms with Crippen LogP contribution in [0.15, 0.2) is 61.3 Å². The highest BCUT2D eigenvalue weighted by atomic mass is 16.5. The first kappa shape index (κ1) is 22.4. The van der Waals surface area contributed by atoms with Crippen LogP contribution in [0, 0.1) is 0 Å². The van der Waals surface area contributed by atoms with Crippen LogP contribution in [0.3, 0.4) is 0 Å². The van der Waals surface area contributed by atoms with E-state index in [4.69, 9.17) is 14.7 Å². The average Bonchev–Trinajstić information content (AvgIpc) is 3.53. The second-order valence-corrected chi connectivity index (χ2v) is 8.33. The van der Waals surface area contributed by atoms with Gasteiger partial charge in [0.25, 0.3) is 0 Å². The molecule has 0 aliphatic carbocycles. The van der Waals surface area contributed by atoms with Crippen molar-refractivity contribution in [1.82, 2.24) is 19.5 Å². The third-order valence-corrected chi connectivity index (χ3v) is 6.13. The fraction of sp³-hybridized carbons (Fsp3) is 0.231. The molecule has 0 unspecified atom stereocenters. The Kier molecular flexibility index (Phi) is 6.05. The van der Waals surface area contributed by atoms with Crippen LogP contribution in [0.2, 0.25) is 0 Å². The molecule has 2 N–H and O–H groups in total. The smallest absolute Gasteiger partial charge is 0.247 e. The number of carbonyl (C=O) groups is 1. The number of imidazole rings is 1. The molecule has 5 rings (SSSR count). The Morgan fingerprint density at radius 3 is 2.66 bits per heavy atom. The van der Waals surface area contributed by atoms with E-state index in [2.05, 4.69) is 27.1 Å². The van der Waals surface area contributed by atoms with Crippen LogP contribution in [0.25, 0.3) is 22.6 Å². The number of amides is 1. The van der Waals surface area contributed by atoms with Gasteiger partial charge in [0, 0.05) is 32.4 Å². The van der Waals surface area contributed by atoms with Crippen LogP contribution in [-0.2, 0) is 11.8 Å². The number of para-hydroxylation sites is 2. The van der Waals surface area contributed by atoms with E-state index in [1.54, 1.807) is 13.3 Å². The molecule has 4 aromatic rings. The quantitative estimate of drug-likeness (QED) is 0.385. The number of nitrogens with zero attached hydrogens (tertiary/aromatic N) is 5. The molecule has 3 heterocycles. The first-order valence-corrected chi connectivity index (χ1v) is 11.5. The Balaban J connectivity index is 1.51. The van der Waals surface area contributed by atoms with Gasteiger partial charge in [0.05, 0.1) is 35.2 Å². The summed E-state index contributed by atoms with van der Waals surface area (Å²) in [6.45, 7) is 5.43. The normalized spacial score (nSPS) is 13.1. The lowest BCUT2D eigenvalue weighted by Gasteiger charge is -2.24. The van der Waals surface area contributed by atoms with Gasteiger partial charge in [-0.3, -0.25) is 4.79 Å². The molecule has 9 heteroatoms. The Morgan fingerprint density at radius 2 is 1.91 bits per heavy atom. The first-order valence-electron chi connectivity index (χ1n) is 11.5. The van der Waals surface area contributed by atoms with E-state index in [0.29, 0.717) is 28.8 Å². The van der Waals surface area contributed by atoms with Gasteiger partial charge in [0.15, 0.2) is 5.82 Å². The summed E-state index contributed by atoms with van der Waals surface area (Å²) in [5.41, 5.74) is 4.84. The zero-order valence-electron chi connectivity index (χ0n) is 19.8. The Morgan fingerprint density at radius 1 is 1.11 bits per heavy atom. The number of rotatable bonds is 7. The lowest BCUT2D eigenvalue weighted by atomic mass is 10.2. The number of anilines is 4. The number of hydrogen-bond acceptors (Lipinski definition) is 7. The summed E-state index contributed by atoms with van der Waals surface area (Å²) in [5.74, 6) is 1.48. The second kappa shape index (κ2) is 9.46. The molecule has 0 spiro atoms. The van der Waals surface area contributed by atoms with Crippen LogP contribution < -0.4 is 20.3 Å². The van der Waals surface area contributed by atoms with Gasteiger partial charge in [-0.2, -0.15) is 0 Å². The highest BCUT2D eigenvalue weighted by Crippen LogP contribution is 2.39. The molecular weight excluding hydrogens is 442 g/mol. The molecule has 1 saturated heterocycles. The van der Waals surface area contributed by atoms with Crippen LogP contribution in [-0.4, -0.2) is 45.6 Å². The molecule has 9 nitrogen and oxygen atoms in total. The fourth-order valence-corrected chi connectivity index (χ4v) is 4.38. The van der Waals surface area contributed by atoms with Crippen molar-refractivity contribution in [3.63, 3.8) is 0 Å². The minimum Gasteiger partial charge on any atom is -0.494 e. The number of nitrogens with one attached hydrogen (secondary N) is 2. The summed E-state index contributed by atoms with van der Waals surface area (Å²) in [5, 5.41) is 6.18. The minimum atomic E-state index is -0.276. The fourth-order valence-electron chi connectivity index (χ4n) is 4.38. The molecule has 1 fully saturated rings. The molecule has 1 aliphatic heterocycles. The van der Waals surface area contributed by atoms with Crippen molar-refractivity contribution in [3.05, 3.63) is 61.3 Å². The number of aromatic nitrogens is 4. The maximum absolute atomic E-state index is 12.1. The van der Waals surface area contributed by atoms with Gasteiger partial charge in [-0.15, -0.1) is 0 Å². The summed E-state index contributed by atoms with van der Waals surface area (Å²) >= 11 is 0. The van der Waals surface area contributed by atoms with Gasteiger partial charge in [-0.1, -0.05) is 18.7 Å². The number of hydrogen-bond donors (Lipinski definition) is 2. The minimum absolute atomic E-state index is 0.276. The van der Waals surface area contributed by atoms with Gasteiger partial charge < -0.3 is 24.8 Å². The number of ether oxygens (including phenoxy) is 1. The number of methoxy groups -OCH3 is 1. The molecule has 1 amide bonds. The van der Waals surface area contributed by atoms with E-state index in [1.807, 2.05) is 54.1 Å². The Bertz CT molecular complexity index is 1410. The number of benzene rings is 2. The SMILES string of the molecule is C=CC(=O)Nc1cc(Nc2nccc(-c3nc4ccccc4n3C)n2)c(OC)cc1N1CCCC1. The molecule has 0 bridgehead atoms. The number of aryl methyl sites for hydroxylation is 1. The van der Waals surface area contributed by atoms with E-state index in [1.165, 1.54) is 6.08 Å². The maximum Gasteiger partial charge on any atom is 0.247 e. The second-order valence-electron chi connectivity index (χ2n) is 8.33. The summed E-state index contributed by atoms with van der Waals surface area (Å²) in [4.78, 5) is 28.2. The van der Waals surface area contributed by atoms with E-state index in [-0.39, 0.29) is 5.91 Å². The summed E-state index contributed by atoms with van der Waals surface area (Å²) < 4.78 is 7.69. The predicted octanol–water partition coefficient (Wildman–Crippen LogP) is 4.51. The van der Waals surface area contributed by atoms with Crippen LogP contribution >= 0.6 is 0 Å². The van der Waals surface area contributed by atoms with Gasteiger partial charge >= 0.3 is 0 Å².